The number of aromatic carboxylic acids is 1. The minimum Gasteiger partial charge on any atom is -0.495 e. The summed E-state index contributed by atoms with van der Waals surface area (Å²) >= 11 is 1.35. The standard InChI is InChI=1S/C28H34N2O3S.2C3H8.2C2H6/c1-33-26-18-24(28(31)32)15-16-25(26)30-34-27-17-13-21(19-29-27)11-10-20-6-5-9-23(14-12-20)22-7-3-2-4-8-22;2*1-3-2;2*1-2/h13,15-20,22-23,30H,2-9,12,14H2,1H3,(H,31,32);2*3H2,1-2H3;2*1-2H3. The number of nitrogens with one attached hydrogen (secondary N) is 1. The van der Waals surface area contributed by atoms with Crippen molar-refractivity contribution in [3.63, 3.8) is 0 Å². The Bertz CT molecular complexity index is 1050. The smallest absolute Gasteiger partial charge is 0.335 e. The summed E-state index contributed by atoms with van der Waals surface area (Å²) in [6.45, 7) is 16.5. The molecular formula is C38H62N2O3S. The van der Waals surface area contributed by atoms with Crippen LogP contribution in [-0.4, -0.2) is 23.2 Å². The van der Waals surface area contributed by atoms with Gasteiger partial charge in [-0.3, -0.25) is 0 Å². The van der Waals surface area contributed by atoms with Gasteiger partial charge < -0.3 is 14.6 Å². The number of hydrogen-bond donors (Lipinski definition) is 2. The summed E-state index contributed by atoms with van der Waals surface area (Å²) in [4.78, 5) is 15.7. The van der Waals surface area contributed by atoms with Gasteiger partial charge in [-0.15, -0.1) is 0 Å². The number of ether oxygens (including phenoxy) is 1. The van der Waals surface area contributed by atoms with E-state index in [-0.39, 0.29) is 5.56 Å². The number of carboxylic acids is 1. The van der Waals surface area contributed by atoms with E-state index in [1.165, 1.54) is 102 Å². The summed E-state index contributed by atoms with van der Waals surface area (Å²) in [5.41, 5.74) is 1.83. The van der Waals surface area contributed by atoms with Crippen molar-refractivity contribution in [3.05, 3.63) is 47.7 Å². The molecule has 4 rings (SSSR count). The SMILES string of the molecule is CC.CC.CCC.CCC.COc1cc(C(=O)O)ccc1NSc1ccc(C#CC2CCCC(C3CCCCC3)CC2)cn1. The number of rotatable bonds is 6. The van der Waals surface area contributed by atoms with Gasteiger partial charge in [0.15, 0.2) is 0 Å². The second-order valence-electron chi connectivity index (χ2n) is 10.9. The van der Waals surface area contributed by atoms with E-state index in [0.717, 1.165) is 22.4 Å². The zero-order chi connectivity index (χ0) is 33.2. The first-order valence-electron chi connectivity index (χ1n) is 17.3. The van der Waals surface area contributed by atoms with Gasteiger partial charge in [0.1, 0.15) is 10.8 Å². The van der Waals surface area contributed by atoms with Crippen LogP contribution in [0.5, 0.6) is 5.75 Å². The molecule has 2 fully saturated rings. The molecule has 2 aliphatic rings. The molecule has 2 atom stereocenters. The number of pyridine rings is 1. The summed E-state index contributed by atoms with van der Waals surface area (Å²) < 4.78 is 8.49. The molecule has 248 valence electrons. The lowest BCUT2D eigenvalue weighted by atomic mass is 9.77. The van der Waals surface area contributed by atoms with Crippen LogP contribution < -0.4 is 9.46 Å². The molecule has 2 aromatic rings. The Morgan fingerprint density at radius 1 is 0.886 bits per heavy atom. The van der Waals surface area contributed by atoms with Crippen molar-refractivity contribution in [1.82, 2.24) is 4.98 Å². The van der Waals surface area contributed by atoms with Gasteiger partial charge in [0.25, 0.3) is 0 Å². The quantitative estimate of drug-likeness (QED) is 0.189. The van der Waals surface area contributed by atoms with E-state index in [0.29, 0.717) is 17.4 Å². The summed E-state index contributed by atoms with van der Waals surface area (Å²) in [7, 11) is 1.52. The first-order valence-corrected chi connectivity index (χ1v) is 18.1. The second-order valence-corrected chi connectivity index (χ2v) is 11.7. The van der Waals surface area contributed by atoms with Gasteiger partial charge in [-0.05, 0) is 61.4 Å². The molecule has 0 radical (unpaired) electrons. The Balaban J connectivity index is 0.00000165. The average Bonchev–Trinajstić information content (AvgIpc) is 3.32. The molecule has 5 nitrogen and oxygen atoms in total. The van der Waals surface area contributed by atoms with Crippen molar-refractivity contribution in [2.24, 2.45) is 17.8 Å². The van der Waals surface area contributed by atoms with Crippen LogP contribution in [-0.2, 0) is 0 Å². The van der Waals surface area contributed by atoms with Gasteiger partial charge in [-0.25, -0.2) is 9.78 Å². The lowest BCUT2D eigenvalue weighted by Crippen LogP contribution is -2.17. The van der Waals surface area contributed by atoms with E-state index < -0.39 is 5.97 Å². The van der Waals surface area contributed by atoms with E-state index in [1.807, 2.05) is 46.0 Å². The predicted octanol–water partition coefficient (Wildman–Crippen LogP) is 11.9. The third-order valence-corrected chi connectivity index (χ3v) is 7.97. The third-order valence-electron chi connectivity index (χ3n) is 7.20. The molecule has 1 aromatic carbocycles. The monoisotopic (exact) mass is 626 g/mol. The molecule has 2 N–H and O–H groups in total. The zero-order valence-corrected chi connectivity index (χ0v) is 30.1. The normalized spacial score (nSPS) is 17.4. The van der Waals surface area contributed by atoms with Gasteiger partial charge in [0.05, 0.1) is 18.4 Å². The molecule has 2 aliphatic carbocycles. The molecule has 2 saturated carbocycles. The molecule has 0 spiro atoms. The minimum absolute atomic E-state index is 0.187. The first kappa shape index (κ1) is 41.4. The van der Waals surface area contributed by atoms with Gasteiger partial charge in [0.2, 0.25) is 0 Å². The molecular weight excluding hydrogens is 564 g/mol. The lowest BCUT2D eigenvalue weighted by Gasteiger charge is -2.29. The fourth-order valence-corrected chi connectivity index (χ4v) is 5.89. The maximum absolute atomic E-state index is 11.1. The molecule has 1 aromatic heterocycles. The summed E-state index contributed by atoms with van der Waals surface area (Å²) in [5.74, 6) is 8.78. The van der Waals surface area contributed by atoms with E-state index >= 15 is 0 Å². The van der Waals surface area contributed by atoms with Crippen LogP contribution in [0.1, 0.15) is 148 Å². The number of nitrogens with zero attached hydrogens (tertiary/aromatic N) is 1. The van der Waals surface area contributed by atoms with Gasteiger partial charge in [0, 0.05) is 29.6 Å². The Hall–Kier alpha value is -2.65. The first-order chi connectivity index (χ1) is 21.4. The third kappa shape index (κ3) is 16.4. The fourth-order valence-electron chi connectivity index (χ4n) is 5.27. The lowest BCUT2D eigenvalue weighted by molar-refractivity contribution is 0.0696. The van der Waals surface area contributed by atoms with E-state index in [4.69, 9.17) is 9.84 Å². The van der Waals surface area contributed by atoms with Gasteiger partial charge in [-0.2, -0.15) is 0 Å². The number of aromatic nitrogens is 1. The fraction of sp³-hybridized carbons (Fsp3) is 0.632. The van der Waals surface area contributed by atoms with Crippen LogP contribution in [0.2, 0.25) is 0 Å². The molecule has 0 bridgehead atoms. The average molecular weight is 627 g/mol. The Morgan fingerprint density at radius 3 is 2.07 bits per heavy atom. The minimum atomic E-state index is -0.983. The van der Waals surface area contributed by atoms with Crippen molar-refractivity contribution < 1.29 is 14.6 Å². The van der Waals surface area contributed by atoms with E-state index in [1.54, 1.807) is 12.1 Å². The molecule has 1 heterocycles. The van der Waals surface area contributed by atoms with Crippen LogP contribution in [0.3, 0.4) is 0 Å². The number of benzene rings is 1. The number of carbonyl (C=O) groups is 1. The molecule has 6 heteroatoms. The maximum atomic E-state index is 11.1. The highest BCUT2D eigenvalue weighted by atomic mass is 32.2. The molecule has 0 saturated heterocycles. The summed E-state index contributed by atoms with van der Waals surface area (Å²) in [6, 6.07) is 8.70. The van der Waals surface area contributed by atoms with Crippen LogP contribution in [0.25, 0.3) is 0 Å². The highest BCUT2D eigenvalue weighted by molar-refractivity contribution is 8.00. The van der Waals surface area contributed by atoms with Crippen molar-refractivity contribution in [2.75, 3.05) is 11.8 Å². The number of hydrogen-bond acceptors (Lipinski definition) is 5. The van der Waals surface area contributed by atoms with Crippen molar-refractivity contribution in [1.29, 1.82) is 0 Å². The van der Waals surface area contributed by atoms with Crippen molar-refractivity contribution in [3.8, 4) is 17.6 Å². The molecule has 2 unspecified atom stereocenters. The number of methoxy groups -OCH3 is 1. The van der Waals surface area contributed by atoms with E-state index in [2.05, 4.69) is 49.2 Å². The maximum Gasteiger partial charge on any atom is 0.335 e. The van der Waals surface area contributed by atoms with Crippen LogP contribution in [0.15, 0.2) is 41.6 Å². The number of carboxylic acid groups (broad SMARTS) is 1. The molecule has 0 amide bonds. The highest BCUT2D eigenvalue weighted by Gasteiger charge is 2.26. The van der Waals surface area contributed by atoms with Crippen LogP contribution >= 0.6 is 11.9 Å². The van der Waals surface area contributed by atoms with Crippen molar-refractivity contribution >= 4 is 23.6 Å². The van der Waals surface area contributed by atoms with E-state index in [9.17, 15) is 4.79 Å². The Morgan fingerprint density at radius 2 is 1.50 bits per heavy atom. The van der Waals surface area contributed by atoms with Gasteiger partial charge in [-0.1, -0.05) is 125 Å². The Kier molecular flexibility index (Phi) is 25.1. The molecule has 0 aliphatic heterocycles. The number of anilines is 1. The summed E-state index contributed by atoms with van der Waals surface area (Å²) in [5, 5.41) is 9.94. The van der Waals surface area contributed by atoms with Crippen molar-refractivity contribution in [2.45, 2.75) is 137 Å². The largest absolute Gasteiger partial charge is 0.495 e. The highest BCUT2D eigenvalue weighted by Crippen LogP contribution is 2.38. The second kappa shape index (κ2) is 26.7. The van der Waals surface area contributed by atoms with Crippen LogP contribution in [0, 0.1) is 29.6 Å². The predicted molar refractivity (Wildman–Crippen MR) is 192 cm³/mol. The topological polar surface area (TPSA) is 71.5 Å². The molecule has 44 heavy (non-hydrogen) atoms. The zero-order valence-electron chi connectivity index (χ0n) is 29.3. The Labute approximate surface area is 274 Å². The van der Waals surface area contributed by atoms with Gasteiger partial charge >= 0.3 is 5.97 Å². The van der Waals surface area contributed by atoms with Crippen LogP contribution in [0.4, 0.5) is 5.69 Å². The summed E-state index contributed by atoms with van der Waals surface area (Å²) in [6.07, 6.45) is 18.1.